The largest absolute Gasteiger partial charge is 0.418 e. The third-order valence-electron chi connectivity index (χ3n) is 3.00. The van der Waals surface area contributed by atoms with E-state index in [0.29, 0.717) is 0 Å². The Morgan fingerprint density at radius 2 is 1.24 bits per heavy atom. The summed E-state index contributed by atoms with van der Waals surface area (Å²) in [6.45, 7) is 0. The second-order valence-electron chi connectivity index (χ2n) is 3.97. The minimum atomic E-state index is 0.827. The van der Waals surface area contributed by atoms with Gasteiger partial charge in [0.2, 0.25) is 0 Å². The first-order chi connectivity index (χ1) is 8.31. The normalized spacial score (nSPS) is 11.9. The Morgan fingerprint density at radius 1 is 0.765 bits per heavy atom. The SMILES string of the molecule is BrOc1ccc2c(c1)Cc1cc(OBr)ccc1-2. The fourth-order valence-electron chi connectivity index (χ4n) is 2.26. The molecule has 2 nitrogen and oxygen atoms in total. The van der Waals surface area contributed by atoms with E-state index < -0.39 is 0 Å². The van der Waals surface area contributed by atoms with Crippen molar-refractivity contribution in [2.24, 2.45) is 0 Å². The Bertz CT molecular complexity index is 530. The summed E-state index contributed by atoms with van der Waals surface area (Å²) in [6, 6.07) is 12.2. The Labute approximate surface area is 116 Å². The van der Waals surface area contributed by atoms with Gasteiger partial charge in [0.1, 0.15) is 11.5 Å². The molecule has 3 rings (SSSR count). The number of hydrogen-bond acceptors (Lipinski definition) is 2. The Kier molecular flexibility index (Phi) is 2.84. The summed E-state index contributed by atoms with van der Waals surface area (Å²) in [5, 5.41) is 0. The quantitative estimate of drug-likeness (QED) is 0.667. The third kappa shape index (κ3) is 1.85. The minimum Gasteiger partial charge on any atom is -0.418 e. The molecule has 0 fully saturated rings. The lowest BCUT2D eigenvalue weighted by Crippen LogP contribution is -1.82. The molecule has 1 aliphatic carbocycles. The molecule has 86 valence electrons. The zero-order chi connectivity index (χ0) is 11.8. The molecule has 17 heavy (non-hydrogen) atoms. The van der Waals surface area contributed by atoms with Crippen molar-refractivity contribution >= 4 is 32.5 Å². The lowest BCUT2D eigenvalue weighted by Gasteiger charge is -2.03. The standard InChI is InChI=1S/C13H8Br2O2/c14-16-10-1-3-12-8(6-10)5-9-7-11(17-15)2-4-13(9)12/h1-4,6-7H,5H2. The topological polar surface area (TPSA) is 18.5 Å². The van der Waals surface area contributed by atoms with Gasteiger partial charge >= 0.3 is 0 Å². The van der Waals surface area contributed by atoms with Crippen LogP contribution in [-0.4, -0.2) is 0 Å². The van der Waals surface area contributed by atoms with Gasteiger partial charge in [-0.25, -0.2) is 0 Å². The summed E-state index contributed by atoms with van der Waals surface area (Å²) in [4.78, 5) is 0. The summed E-state index contributed by atoms with van der Waals surface area (Å²) in [5.74, 6) is 1.65. The number of benzene rings is 2. The molecule has 0 bridgehead atoms. The smallest absolute Gasteiger partial charge is 0.179 e. The molecule has 4 heteroatoms. The third-order valence-corrected chi connectivity index (χ3v) is 3.75. The molecule has 0 saturated heterocycles. The van der Waals surface area contributed by atoms with Crippen LogP contribution in [0.1, 0.15) is 11.1 Å². The monoisotopic (exact) mass is 354 g/mol. The first kappa shape index (κ1) is 11.1. The van der Waals surface area contributed by atoms with Crippen LogP contribution in [0.5, 0.6) is 11.5 Å². The van der Waals surface area contributed by atoms with Crippen molar-refractivity contribution in [1.82, 2.24) is 0 Å². The summed E-state index contributed by atoms with van der Waals surface area (Å²) in [6.07, 6.45) is 0.916. The Morgan fingerprint density at radius 3 is 1.65 bits per heavy atom. The second-order valence-corrected chi connectivity index (χ2v) is 4.62. The van der Waals surface area contributed by atoms with Crippen LogP contribution in [0.25, 0.3) is 11.1 Å². The van der Waals surface area contributed by atoms with Gasteiger partial charge in [-0.2, -0.15) is 0 Å². The first-order valence-electron chi connectivity index (χ1n) is 5.15. The highest BCUT2D eigenvalue weighted by molar-refractivity contribution is 9.06. The van der Waals surface area contributed by atoms with Gasteiger partial charge in [0.05, 0.1) is 0 Å². The molecular formula is C13H8Br2O2. The van der Waals surface area contributed by atoms with E-state index >= 15 is 0 Å². The number of rotatable bonds is 2. The summed E-state index contributed by atoms with van der Waals surface area (Å²) >= 11 is 6.00. The van der Waals surface area contributed by atoms with Gasteiger partial charge in [0.25, 0.3) is 0 Å². The zero-order valence-electron chi connectivity index (χ0n) is 8.74. The van der Waals surface area contributed by atoms with E-state index in [1.54, 1.807) is 0 Å². The average Bonchev–Trinajstić information content (AvgIpc) is 2.74. The Hall–Kier alpha value is -1.00. The van der Waals surface area contributed by atoms with Crippen LogP contribution in [0.3, 0.4) is 0 Å². The van der Waals surface area contributed by atoms with Crippen molar-refractivity contribution in [3.05, 3.63) is 47.5 Å². The summed E-state index contributed by atoms with van der Waals surface area (Å²) in [5.41, 5.74) is 5.11. The molecule has 0 aromatic heterocycles. The van der Waals surface area contributed by atoms with E-state index in [0.717, 1.165) is 17.9 Å². The summed E-state index contributed by atoms with van der Waals surface area (Å²) < 4.78 is 10.1. The lowest BCUT2D eigenvalue weighted by molar-refractivity contribution is 0.677. The van der Waals surface area contributed by atoms with Gasteiger partial charge in [-0.1, -0.05) is 12.1 Å². The predicted molar refractivity (Wildman–Crippen MR) is 73.8 cm³/mol. The molecule has 0 amide bonds. The van der Waals surface area contributed by atoms with Crippen LogP contribution in [0, 0.1) is 0 Å². The molecule has 2 aromatic rings. The van der Waals surface area contributed by atoms with Crippen molar-refractivity contribution in [2.45, 2.75) is 6.42 Å². The highest BCUT2D eigenvalue weighted by Crippen LogP contribution is 2.40. The van der Waals surface area contributed by atoms with E-state index in [4.69, 9.17) is 7.66 Å². The molecule has 2 aromatic carbocycles. The Balaban J connectivity index is 2.10. The van der Waals surface area contributed by atoms with E-state index in [-0.39, 0.29) is 0 Å². The summed E-state index contributed by atoms with van der Waals surface area (Å²) in [7, 11) is 0. The van der Waals surface area contributed by atoms with Gasteiger partial charge < -0.3 is 7.66 Å². The van der Waals surface area contributed by atoms with Gasteiger partial charge in [-0.15, -0.1) is 0 Å². The predicted octanol–water partition coefficient (Wildman–Crippen LogP) is 4.64. The van der Waals surface area contributed by atoms with E-state index in [2.05, 4.69) is 56.8 Å². The fourth-order valence-corrected chi connectivity index (χ4v) is 2.66. The average molecular weight is 356 g/mol. The van der Waals surface area contributed by atoms with Gasteiger partial charge in [-0.3, -0.25) is 0 Å². The highest BCUT2D eigenvalue weighted by Gasteiger charge is 2.19. The first-order valence-corrected chi connectivity index (χ1v) is 6.44. The maximum absolute atomic E-state index is 5.06. The van der Waals surface area contributed by atoms with Gasteiger partial charge in [0, 0.05) is 0 Å². The molecule has 1 aliphatic rings. The van der Waals surface area contributed by atoms with Gasteiger partial charge in [0.15, 0.2) is 32.5 Å². The number of fused-ring (bicyclic) bond motifs is 3. The lowest BCUT2D eigenvalue weighted by atomic mass is 10.1. The van der Waals surface area contributed by atoms with E-state index in [1.807, 2.05) is 12.1 Å². The molecule has 0 atom stereocenters. The molecule has 0 aliphatic heterocycles. The number of hydrogen-bond donors (Lipinski definition) is 0. The molecule has 0 spiro atoms. The molecule has 0 radical (unpaired) electrons. The maximum Gasteiger partial charge on any atom is 0.179 e. The highest BCUT2D eigenvalue weighted by atomic mass is 79.9. The van der Waals surface area contributed by atoms with Crippen molar-refractivity contribution < 1.29 is 7.66 Å². The van der Waals surface area contributed by atoms with Crippen molar-refractivity contribution in [1.29, 1.82) is 0 Å². The van der Waals surface area contributed by atoms with Crippen LogP contribution >= 0.6 is 32.5 Å². The van der Waals surface area contributed by atoms with Crippen LogP contribution in [0.15, 0.2) is 36.4 Å². The fraction of sp³-hybridized carbons (Fsp3) is 0.0769. The molecule has 0 heterocycles. The molecule has 0 unspecified atom stereocenters. The maximum atomic E-state index is 5.06. The van der Waals surface area contributed by atoms with Crippen LogP contribution in [0.4, 0.5) is 0 Å². The molecular weight excluding hydrogens is 348 g/mol. The molecule has 0 saturated carbocycles. The van der Waals surface area contributed by atoms with Crippen LogP contribution in [0.2, 0.25) is 0 Å². The molecule has 0 N–H and O–H groups in total. The van der Waals surface area contributed by atoms with Crippen LogP contribution in [-0.2, 0) is 6.42 Å². The number of halogens is 2. The second kappa shape index (κ2) is 4.35. The van der Waals surface area contributed by atoms with E-state index in [1.165, 1.54) is 22.3 Å². The van der Waals surface area contributed by atoms with Gasteiger partial charge in [-0.05, 0) is 52.9 Å². The van der Waals surface area contributed by atoms with Crippen molar-refractivity contribution in [3.8, 4) is 22.6 Å². The zero-order valence-corrected chi connectivity index (χ0v) is 11.9. The van der Waals surface area contributed by atoms with Crippen molar-refractivity contribution in [3.63, 3.8) is 0 Å². The van der Waals surface area contributed by atoms with E-state index in [9.17, 15) is 0 Å². The minimum absolute atomic E-state index is 0.827. The van der Waals surface area contributed by atoms with Crippen LogP contribution < -0.4 is 7.66 Å². The van der Waals surface area contributed by atoms with Crippen molar-refractivity contribution in [2.75, 3.05) is 0 Å².